The smallest absolute Gasteiger partial charge is 0.182 e. The molecule has 0 aliphatic rings. The number of hydrogen-bond donors (Lipinski definition) is 1. The molecule has 7 heteroatoms. The van der Waals surface area contributed by atoms with Crippen molar-refractivity contribution in [2.24, 2.45) is 0 Å². The number of rotatable bonds is 1. The molecular formula is C13H6BrCl2FN2S. The number of fused-ring (bicyclic) bond motifs is 1. The Morgan fingerprint density at radius 2 is 2.00 bits per heavy atom. The highest BCUT2D eigenvalue weighted by Crippen LogP contribution is 2.32. The number of aromatic nitrogens is 2. The summed E-state index contributed by atoms with van der Waals surface area (Å²) in [6, 6.07) is 8.30. The van der Waals surface area contributed by atoms with Crippen molar-refractivity contribution in [3.63, 3.8) is 0 Å². The first-order valence-electron chi connectivity index (χ1n) is 5.53. The summed E-state index contributed by atoms with van der Waals surface area (Å²) in [5.41, 5.74) is 1.95. The molecule has 1 N–H and O–H groups in total. The van der Waals surface area contributed by atoms with Gasteiger partial charge >= 0.3 is 0 Å². The third-order valence-electron chi connectivity index (χ3n) is 2.90. The van der Waals surface area contributed by atoms with Crippen molar-refractivity contribution in [2.45, 2.75) is 0 Å². The second-order valence-corrected chi connectivity index (χ2v) is 6.15. The molecule has 1 aromatic heterocycles. The van der Waals surface area contributed by atoms with Crippen molar-refractivity contribution in [3.05, 3.63) is 55.4 Å². The summed E-state index contributed by atoms with van der Waals surface area (Å²) in [7, 11) is 0. The summed E-state index contributed by atoms with van der Waals surface area (Å²) in [5.74, 6) is -0.363. The maximum Gasteiger partial charge on any atom is 0.182 e. The molecule has 0 saturated heterocycles. The van der Waals surface area contributed by atoms with Gasteiger partial charge in [-0.15, -0.1) is 0 Å². The lowest BCUT2D eigenvalue weighted by Gasteiger charge is -2.08. The Morgan fingerprint density at radius 1 is 1.25 bits per heavy atom. The third kappa shape index (κ3) is 2.19. The quantitative estimate of drug-likeness (QED) is 0.512. The van der Waals surface area contributed by atoms with Crippen LogP contribution in [0.1, 0.15) is 0 Å². The van der Waals surface area contributed by atoms with Gasteiger partial charge in [0.1, 0.15) is 5.82 Å². The maximum absolute atomic E-state index is 13.6. The summed E-state index contributed by atoms with van der Waals surface area (Å²) < 4.78 is 16.1. The molecule has 0 aliphatic heterocycles. The average molecular weight is 392 g/mol. The topological polar surface area (TPSA) is 20.7 Å². The molecule has 1 heterocycles. The second kappa shape index (κ2) is 5.15. The molecule has 0 saturated carbocycles. The van der Waals surface area contributed by atoms with E-state index in [4.69, 9.17) is 35.4 Å². The van der Waals surface area contributed by atoms with E-state index in [1.165, 1.54) is 6.07 Å². The van der Waals surface area contributed by atoms with Gasteiger partial charge in [0, 0.05) is 6.07 Å². The van der Waals surface area contributed by atoms with E-state index in [1.54, 1.807) is 28.8 Å². The van der Waals surface area contributed by atoms with E-state index in [1.807, 2.05) is 0 Å². The second-order valence-electron chi connectivity index (χ2n) is 4.12. The van der Waals surface area contributed by atoms with E-state index in [0.717, 1.165) is 0 Å². The first kappa shape index (κ1) is 14.1. The summed E-state index contributed by atoms with van der Waals surface area (Å²) in [5, 5.41) is 0.827. The molecule has 0 amide bonds. The predicted molar refractivity (Wildman–Crippen MR) is 86.1 cm³/mol. The van der Waals surface area contributed by atoms with Crippen molar-refractivity contribution in [3.8, 4) is 5.69 Å². The highest BCUT2D eigenvalue weighted by atomic mass is 79.9. The van der Waals surface area contributed by atoms with Gasteiger partial charge in [-0.05, 0) is 46.3 Å². The van der Waals surface area contributed by atoms with Crippen LogP contribution in [0, 0.1) is 10.6 Å². The van der Waals surface area contributed by atoms with Gasteiger partial charge in [0.25, 0.3) is 0 Å². The number of nitrogens with one attached hydrogen (secondary N) is 1. The third-order valence-corrected chi connectivity index (χ3v) is 4.60. The first-order valence-corrected chi connectivity index (χ1v) is 7.49. The van der Waals surface area contributed by atoms with Crippen LogP contribution in [0.15, 0.2) is 34.8 Å². The molecule has 102 valence electrons. The van der Waals surface area contributed by atoms with Crippen molar-refractivity contribution in [2.75, 3.05) is 0 Å². The van der Waals surface area contributed by atoms with Crippen LogP contribution in [-0.2, 0) is 0 Å². The fourth-order valence-electron chi connectivity index (χ4n) is 2.01. The van der Waals surface area contributed by atoms with Gasteiger partial charge in [0.2, 0.25) is 0 Å². The zero-order chi connectivity index (χ0) is 14.4. The van der Waals surface area contributed by atoms with Crippen molar-refractivity contribution >= 4 is 62.4 Å². The van der Waals surface area contributed by atoms with Crippen LogP contribution in [0.5, 0.6) is 0 Å². The number of halogens is 4. The number of aromatic amines is 1. The lowest BCUT2D eigenvalue weighted by molar-refractivity contribution is 0.623. The summed E-state index contributed by atoms with van der Waals surface area (Å²) >= 11 is 20.7. The fraction of sp³-hybridized carbons (Fsp3) is 0. The molecular weight excluding hydrogens is 386 g/mol. The molecule has 0 bridgehead atoms. The van der Waals surface area contributed by atoms with E-state index in [-0.39, 0.29) is 5.82 Å². The molecule has 3 rings (SSSR count). The number of imidazole rings is 1. The van der Waals surface area contributed by atoms with E-state index >= 15 is 0 Å². The van der Waals surface area contributed by atoms with Crippen LogP contribution in [0.4, 0.5) is 4.39 Å². The van der Waals surface area contributed by atoms with Crippen molar-refractivity contribution < 1.29 is 4.39 Å². The van der Waals surface area contributed by atoms with E-state index in [9.17, 15) is 4.39 Å². The fourth-order valence-corrected chi connectivity index (χ4v) is 3.02. The number of benzene rings is 2. The van der Waals surface area contributed by atoms with Crippen molar-refractivity contribution in [1.29, 1.82) is 0 Å². The summed E-state index contributed by atoms with van der Waals surface area (Å²) in [4.78, 5) is 2.96. The molecule has 0 atom stereocenters. The largest absolute Gasteiger partial charge is 0.330 e. The molecule has 0 radical (unpaired) electrons. The van der Waals surface area contributed by atoms with Crippen molar-refractivity contribution in [1.82, 2.24) is 9.55 Å². The van der Waals surface area contributed by atoms with Gasteiger partial charge < -0.3 is 4.98 Å². The zero-order valence-electron chi connectivity index (χ0n) is 9.75. The minimum Gasteiger partial charge on any atom is -0.330 e. The van der Waals surface area contributed by atoms with E-state index in [2.05, 4.69) is 20.9 Å². The molecule has 0 unspecified atom stereocenters. The Kier molecular flexibility index (Phi) is 3.62. The van der Waals surface area contributed by atoms with Gasteiger partial charge in [0.05, 0.1) is 31.2 Å². The Morgan fingerprint density at radius 3 is 2.75 bits per heavy atom. The van der Waals surface area contributed by atoms with Gasteiger partial charge in [0.15, 0.2) is 4.77 Å². The molecule has 2 aromatic carbocycles. The molecule has 2 nitrogen and oxygen atoms in total. The summed E-state index contributed by atoms with van der Waals surface area (Å²) in [6.45, 7) is 0. The van der Waals surface area contributed by atoms with Gasteiger partial charge in [-0.25, -0.2) is 4.39 Å². The highest BCUT2D eigenvalue weighted by molar-refractivity contribution is 9.10. The SMILES string of the molecule is Fc1cc2[nH]c(=S)n(-c3cccc(Cl)c3Cl)c2cc1Br. The number of nitrogens with zero attached hydrogens (tertiary/aromatic N) is 1. The number of hydrogen-bond acceptors (Lipinski definition) is 1. The lowest BCUT2D eigenvalue weighted by Crippen LogP contribution is -1.95. The van der Waals surface area contributed by atoms with Crippen LogP contribution in [0.25, 0.3) is 16.7 Å². The standard InChI is InChI=1S/C13H6BrCl2FN2S/c14-6-4-11-9(5-8(6)17)18-13(20)19(11)10-3-1-2-7(15)12(10)16/h1-5H,(H,18,20). The highest BCUT2D eigenvalue weighted by Gasteiger charge is 2.13. The van der Waals surface area contributed by atoms with Gasteiger partial charge in [-0.2, -0.15) is 0 Å². The minimum absolute atomic E-state index is 0.353. The van der Waals surface area contributed by atoms with Crippen LogP contribution in [-0.4, -0.2) is 9.55 Å². The normalized spacial score (nSPS) is 11.2. The minimum atomic E-state index is -0.363. The Balaban J connectivity index is 2.42. The molecule has 20 heavy (non-hydrogen) atoms. The predicted octanol–water partition coefficient (Wildman–Crippen LogP) is 5.90. The van der Waals surface area contributed by atoms with Crippen LogP contribution in [0.2, 0.25) is 10.0 Å². The van der Waals surface area contributed by atoms with Crippen LogP contribution < -0.4 is 0 Å². The lowest BCUT2D eigenvalue weighted by atomic mass is 10.2. The summed E-state index contributed by atoms with van der Waals surface area (Å²) in [6.07, 6.45) is 0. The van der Waals surface area contributed by atoms with E-state index in [0.29, 0.717) is 36.0 Å². The maximum atomic E-state index is 13.6. The van der Waals surface area contributed by atoms with E-state index < -0.39 is 0 Å². The van der Waals surface area contributed by atoms with Gasteiger partial charge in [-0.3, -0.25) is 4.57 Å². The van der Waals surface area contributed by atoms with Crippen LogP contribution >= 0.6 is 51.3 Å². The Labute approximate surface area is 137 Å². The Hall–Kier alpha value is -0.880. The molecule has 0 spiro atoms. The van der Waals surface area contributed by atoms with Gasteiger partial charge in [-0.1, -0.05) is 29.3 Å². The first-order chi connectivity index (χ1) is 9.49. The zero-order valence-corrected chi connectivity index (χ0v) is 13.7. The average Bonchev–Trinajstić information content (AvgIpc) is 2.69. The molecule has 0 fully saturated rings. The number of H-pyrrole nitrogens is 1. The Bertz CT molecular complexity index is 888. The monoisotopic (exact) mass is 390 g/mol. The molecule has 3 aromatic rings. The molecule has 0 aliphatic carbocycles. The van der Waals surface area contributed by atoms with Crippen LogP contribution in [0.3, 0.4) is 0 Å².